The lowest BCUT2D eigenvalue weighted by molar-refractivity contribution is 0.553. The molecule has 0 aliphatic rings. The summed E-state index contributed by atoms with van der Waals surface area (Å²) >= 11 is 1.86. The molecule has 0 aliphatic carbocycles. The molecule has 0 radical (unpaired) electrons. The maximum Gasteiger partial charge on any atom is 0.229 e. The molecule has 0 bridgehead atoms. The Kier molecular flexibility index (Phi) is 3.24. The third-order valence-electron chi connectivity index (χ3n) is 1.90. The van der Waals surface area contributed by atoms with E-state index < -0.39 is 5.95 Å². The molecule has 0 amide bonds. The summed E-state index contributed by atoms with van der Waals surface area (Å²) in [5.74, 6) is 0.0628. The van der Waals surface area contributed by atoms with Crippen LogP contribution in [0.2, 0.25) is 0 Å². The molecule has 2 heterocycles. The Labute approximate surface area is 99.7 Å². The van der Waals surface area contributed by atoms with Crippen LogP contribution in [0.15, 0.2) is 24.9 Å². The lowest BCUT2D eigenvalue weighted by Crippen LogP contribution is -2.04. The third kappa shape index (κ3) is 2.71. The first-order valence-electron chi connectivity index (χ1n) is 4.38. The van der Waals surface area contributed by atoms with Gasteiger partial charge in [0.15, 0.2) is 0 Å². The van der Waals surface area contributed by atoms with Crippen molar-refractivity contribution in [3.05, 3.63) is 40.3 Å². The minimum atomic E-state index is -0.453. The van der Waals surface area contributed by atoms with Gasteiger partial charge in [-0.05, 0) is 22.6 Å². The van der Waals surface area contributed by atoms with Gasteiger partial charge in [-0.2, -0.15) is 4.39 Å². The molecule has 0 saturated carbocycles. The molecule has 0 atom stereocenters. The normalized spacial score (nSPS) is 10.5. The molecular weight excluding hydrogens is 310 g/mol. The van der Waals surface area contributed by atoms with Crippen LogP contribution in [0, 0.1) is 9.52 Å². The Morgan fingerprint density at radius 1 is 1.47 bits per heavy atom. The molecule has 6 heteroatoms. The van der Waals surface area contributed by atoms with Gasteiger partial charge in [-0.25, -0.2) is 15.0 Å². The van der Waals surface area contributed by atoms with Gasteiger partial charge < -0.3 is 4.57 Å². The van der Waals surface area contributed by atoms with Gasteiger partial charge in [0.1, 0.15) is 5.82 Å². The monoisotopic (exact) mass is 318 g/mol. The summed E-state index contributed by atoms with van der Waals surface area (Å²) in [4.78, 5) is 11.7. The van der Waals surface area contributed by atoms with E-state index in [1.165, 1.54) is 6.20 Å². The SMILES string of the molecule is Fc1nc(CCn2ccnc2)ncc1I. The van der Waals surface area contributed by atoms with Gasteiger partial charge in [0.2, 0.25) is 5.95 Å². The van der Waals surface area contributed by atoms with Gasteiger partial charge in [0.25, 0.3) is 0 Å². The minimum Gasteiger partial charge on any atom is -0.337 e. The Morgan fingerprint density at radius 3 is 3.00 bits per heavy atom. The zero-order chi connectivity index (χ0) is 10.7. The third-order valence-corrected chi connectivity index (χ3v) is 2.63. The highest BCUT2D eigenvalue weighted by molar-refractivity contribution is 14.1. The summed E-state index contributed by atoms with van der Waals surface area (Å²) in [7, 11) is 0. The molecule has 0 N–H and O–H groups in total. The Balaban J connectivity index is 2.02. The standard InChI is InChI=1S/C9H8FIN4/c10-9-7(11)5-13-8(14-9)1-3-15-4-2-12-6-15/h2,4-6H,1,3H2. The largest absolute Gasteiger partial charge is 0.337 e. The van der Waals surface area contributed by atoms with Crippen molar-refractivity contribution in [1.29, 1.82) is 0 Å². The second-order valence-electron chi connectivity index (χ2n) is 2.98. The summed E-state index contributed by atoms with van der Waals surface area (Å²) in [5, 5.41) is 0. The van der Waals surface area contributed by atoms with Crippen molar-refractivity contribution in [2.45, 2.75) is 13.0 Å². The number of aryl methyl sites for hydroxylation is 2. The fraction of sp³-hybridized carbons (Fsp3) is 0.222. The smallest absolute Gasteiger partial charge is 0.229 e. The number of imidazole rings is 1. The van der Waals surface area contributed by atoms with E-state index in [-0.39, 0.29) is 0 Å². The van der Waals surface area contributed by atoms with Crippen LogP contribution in [0.25, 0.3) is 0 Å². The molecule has 0 aromatic carbocycles. The van der Waals surface area contributed by atoms with Crippen LogP contribution in [0.3, 0.4) is 0 Å². The lowest BCUT2D eigenvalue weighted by atomic mass is 10.4. The number of aromatic nitrogens is 4. The molecule has 2 aromatic rings. The number of hydrogen-bond donors (Lipinski definition) is 0. The zero-order valence-corrected chi connectivity index (χ0v) is 9.93. The highest BCUT2D eigenvalue weighted by Gasteiger charge is 2.03. The van der Waals surface area contributed by atoms with Gasteiger partial charge in [-0.1, -0.05) is 0 Å². The molecule has 0 aliphatic heterocycles. The van der Waals surface area contributed by atoms with Crippen LogP contribution in [0.1, 0.15) is 5.82 Å². The molecule has 0 spiro atoms. The first kappa shape index (κ1) is 10.5. The lowest BCUT2D eigenvalue weighted by Gasteiger charge is -2.01. The summed E-state index contributed by atoms with van der Waals surface area (Å²) < 4.78 is 15.4. The van der Waals surface area contributed by atoms with Crippen LogP contribution >= 0.6 is 22.6 Å². The van der Waals surface area contributed by atoms with Gasteiger partial charge >= 0.3 is 0 Å². The van der Waals surface area contributed by atoms with Crippen molar-refractivity contribution < 1.29 is 4.39 Å². The van der Waals surface area contributed by atoms with E-state index in [0.717, 1.165) is 0 Å². The molecule has 15 heavy (non-hydrogen) atoms. The molecule has 78 valence electrons. The minimum absolute atomic E-state index is 0.444. The topological polar surface area (TPSA) is 43.6 Å². The first-order chi connectivity index (χ1) is 7.25. The van der Waals surface area contributed by atoms with Gasteiger partial charge in [-0.3, -0.25) is 0 Å². The molecule has 2 aromatic heterocycles. The Hall–Kier alpha value is -1.05. The average molecular weight is 318 g/mol. The Morgan fingerprint density at radius 2 is 2.33 bits per heavy atom. The van der Waals surface area contributed by atoms with Crippen LogP contribution in [-0.4, -0.2) is 19.5 Å². The van der Waals surface area contributed by atoms with Crippen LogP contribution in [-0.2, 0) is 13.0 Å². The van der Waals surface area contributed by atoms with Crippen molar-refractivity contribution >= 4 is 22.6 Å². The van der Waals surface area contributed by atoms with Crippen molar-refractivity contribution in [3.63, 3.8) is 0 Å². The molecule has 0 unspecified atom stereocenters. The van der Waals surface area contributed by atoms with Gasteiger partial charge in [0.05, 0.1) is 9.90 Å². The molecule has 0 fully saturated rings. The molecule has 0 saturated heterocycles. The quantitative estimate of drug-likeness (QED) is 0.639. The van der Waals surface area contributed by atoms with Crippen molar-refractivity contribution in [2.24, 2.45) is 0 Å². The summed E-state index contributed by atoms with van der Waals surface area (Å²) in [6.45, 7) is 0.708. The van der Waals surface area contributed by atoms with E-state index in [1.54, 1.807) is 12.5 Å². The average Bonchev–Trinajstić information content (AvgIpc) is 2.73. The van der Waals surface area contributed by atoms with Gasteiger partial charge in [-0.15, -0.1) is 0 Å². The van der Waals surface area contributed by atoms with Gasteiger partial charge in [0, 0.05) is 31.6 Å². The maximum absolute atomic E-state index is 13.1. The second kappa shape index (κ2) is 4.65. The summed E-state index contributed by atoms with van der Waals surface area (Å²) in [5.41, 5.74) is 0. The predicted octanol–water partition coefficient (Wildman–Crippen LogP) is 1.66. The Bertz CT molecular complexity index is 443. The number of hydrogen-bond acceptors (Lipinski definition) is 3. The maximum atomic E-state index is 13.1. The fourth-order valence-electron chi connectivity index (χ4n) is 1.15. The van der Waals surface area contributed by atoms with E-state index >= 15 is 0 Å². The van der Waals surface area contributed by atoms with Crippen molar-refractivity contribution in [3.8, 4) is 0 Å². The first-order valence-corrected chi connectivity index (χ1v) is 5.46. The molecule has 2 rings (SSSR count). The van der Waals surface area contributed by atoms with Crippen LogP contribution in [0.5, 0.6) is 0 Å². The molecule has 4 nitrogen and oxygen atoms in total. The highest BCUT2D eigenvalue weighted by atomic mass is 127. The molecular formula is C9H8FIN4. The van der Waals surface area contributed by atoms with Crippen molar-refractivity contribution in [1.82, 2.24) is 19.5 Å². The number of rotatable bonds is 3. The highest BCUT2D eigenvalue weighted by Crippen LogP contribution is 2.06. The van der Waals surface area contributed by atoms with E-state index in [9.17, 15) is 4.39 Å². The summed E-state index contributed by atoms with van der Waals surface area (Å²) in [6, 6.07) is 0. The van der Waals surface area contributed by atoms with E-state index in [4.69, 9.17) is 0 Å². The van der Waals surface area contributed by atoms with Crippen molar-refractivity contribution in [2.75, 3.05) is 0 Å². The second-order valence-corrected chi connectivity index (χ2v) is 4.14. The zero-order valence-electron chi connectivity index (χ0n) is 7.77. The number of halogens is 2. The van der Waals surface area contributed by atoms with Crippen LogP contribution < -0.4 is 0 Å². The van der Waals surface area contributed by atoms with Crippen LogP contribution in [0.4, 0.5) is 4.39 Å². The summed E-state index contributed by atoms with van der Waals surface area (Å²) in [6.07, 6.45) is 7.36. The predicted molar refractivity (Wildman–Crippen MR) is 60.6 cm³/mol. The fourth-order valence-corrected chi connectivity index (χ4v) is 1.41. The number of nitrogens with zero attached hydrogens (tertiary/aromatic N) is 4. The van der Waals surface area contributed by atoms with E-state index in [2.05, 4.69) is 15.0 Å². The van der Waals surface area contributed by atoms with E-state index in [1.807, 2.05) is 33.4 Å². The van der Waals surface area contributed by atoms with E-state index in [0.29, 0.717) is 22.4 Å².